The fourth-order valence-electron chi connectivity index (χ4n) is 3.95. The van der Waals surface area contributed by atoms with E-state index in [0.717, 1.165) is 38.0 Å². The molecule has 5 nitrogen and oxygen atoms in total. The monoisotopic (exact) mass is 336 g/mol. The van der Waals surface area contributed by atoms with E-state index in [9.17, 15) is 4.79 Å². The summed E-state index contributed by atoms with van der Waals surface area (Å²) in [5, 5.41) is 3.40. The number of nitrogens with one attached hydrogen (secondary N) is 1. The van der Waals surface area contributed by atoms with Gasteiger partial charge in [0.25, 0.3) is 0 Å². The van der Waals surface area contributed by atoms with Crippen LogP contribution in [-0.4, -0.2) is 46.5 Å². The van der Waals surface area contributed by atoms with Crippen LogP contribution in [0.4, 0.5) is 4.79 Å². The third-order valence-electron chi connectivity index (χ3n) is 5.23. The molecule has 0 spiro atoms. The maximum Gasteiger partial charge on any atom is 0.321 e. The fourth-order valence-corrected chi connectivity index (χ4v) is 3.95. The third-order valence-corrected chi connectivity index (χ3v) is 5.23. The second-order valence-electron chi connectivity index (χ2n) is 6.83. The van der Waals surface area contributed by atoms with Gasteiger partial charge in [-0.15, -0.1) is 0 Å². The number of amides is 2. The molecule has 2 aliphatic rings. The van der Waals surface area contributed by atoms with E-state index in [-0.39, 0.29) is 12.1 Å². The van der Waals surface area contributed by atoms with Gasteiger partial charge < -0.3 is 15.1 Å². The fraction of sp³-hybridized carbons (Fsp3) is 0.400. The third kappa shape index (κ3) is 3.37. The molecule has 130 valence electrons. The van der Waals surface area contributed by atoms with Crippen LogP contribution in [0.5, 0.6) is 0 Å². The number of piperidine rings is 1. The van der Waals surface area contributed by atoms with E-state index in [1.807, 2.05) is 23.1 Å². The SMILES string of the molecule is O=C1N(Cc2ccncc2)C[C@@H](c2ccccc2)N1C1CCNCC1. The maximum atomic E-state index is 13.2. The Morgan fingerprint density at radius 1 is 1.04 bits per heavy atom. The first-order valence-corrected chi connectivity index (χ1v) is 9.05. The lowest BCUT2D eigenvalue weighted by Crippen LogP contribution is -2.45. The van der Waals surface area contributed by atoms with Crippen LogP contribution in [0.2, 0.25) is 0 Å². The van der Waals surface area contributed by atoms with Gasteiger partial charge in [-0.25, -0.2) is 4.79 Å². The lowest BCUT2D eigenvalue weighted by molar-refractivity contribution is 0.149. The van der Waals surface area contributed by atoms with Gasteiger partial charge >= 0.3 is 6.03 Å². The summed E-state index contributed by atoms with van der Waals surface area (Å²) < 4.78 is 0. The zero-order chi connectivity index (χ0) is 17.1. The van der Waals surface area contributed by atoms with E-state index >= 15 is 0 Å². The molecule has 0 saturated carbocycles. The largest absolute Gasteiger partial charge is 0.321 e. The number of pyridine rings is 1. The molecule has 2 fully saturated rings. The molecule has 2 saturated heterocycles. The van der Waals surface area contributed by atoms with E-state index in [0.29, 0.717) is 12.6 Å². The summed E-state index contributed by atoms with van der Waals surface area (Å²) in [7, 11) is 0. The average molecular weight is 336 g/mol. The molecule has 0 radical (unpaired) electrons. The van der Waals surface area contributed by atoms with Gasteiger partial charge in [0.05, 0.1) is 6.04 Å². The molecule has 25 heavy (non-hydrogen) atoms. The number of aromatic nitrogens is 1. The van der Waals surface area contributed by atoms with Crippen molar-refractivity contribution in [2.45, 2.75) is 31.5 Å². The summed E-state index contributed by atoms with van der Waals surface area (Å²) in [6.45, 7) is 3.36. The van der Waals surface area contributed by atoms with Crippen LogP contribution >= 0.6 is 0 Å². The highest BCUT2D eigenvalue weighted by molar-refractivity contribution is 5.78. The van der Waals surface area contributed by atoms with Gasteiger partial charge in [-0.2, -0.15) is 0 Å². The number of hydrogen-bond donors (Lipinski definition) is 1. The number of rotatable bonds is 4. The van der Waals surface area contributed by atoms with E-state index < -0.39 is 0 Å². The molecule has 1 atom stereocenters. The highest BCUT2D eigenvalue weighted by Gasteiger charge is 2.41. The first-order chi connectivity index (χ1) is 12.3. The van der Waals surface area contributed by atoms with Gasteiger partial charge in [-0.1, -0.05) is 30.3 Å². The van der Waals surface area contributed by atoms with Gasteiger partial charge in [0.15, 0.2) is 0 Å². The Morgan fingerprint density at radius 2 is 1.76 bits per heavy atom. The summed E-state index contributed by atoms with van der Waals surface area (Å²) >= 11 is 0. The molecular formula is C20H24N4O. The first kappa shape index (κ1) is 16.1. The summed E-state index contributed by atoms with van der Waals surface area (Å²) in [5.74, 6) is 0. The predicted octanol–water partition coefficient (Wildman–Crippen LogP) is 2.81. The maximum absolute atomic E-state index is 13.2. The molecule has 4 rings (SSSR count). The Morgan fingerprint density at radius 3 is 2.48 bits per heavy atom. The number of carbonyl (C=O) groups excluding carboxylic acids is 1. The van der Waals surface area contributed by atoms with Crippen molar-refractivity contribution in [2.75, 3.05) is 19.6 Å². The standard InChI is InChI=1S/C20H24N4O/c25-20-23(14-16-6-10-21-11-7-16)15-19(17-4-2-1-3-5-17)24(20)18-8-12-22-13-9-18/h1-7,10-11,18-19,22H,8-9,12-15H2/t19-/m0/s1. The number of carbonyl (C=O) groups is 1. The van der Waals surface area contributed by atoms with Gasteiger partial charge in [0, 0.05) is 31.5 Å². The van der Waals surface area contributed by atoms with Crippen LogP contribution in [0, 0.1) is 0 Å². The highest BCUT2D eigenvalue weighted by atomic mass is 16.2. The number of urea groups is 1. The molecule has 0 bridgehead atoms. The molecule has 0 aliphatic carbocycles. The van der Waals surface area contributed by atoms with Crippen molar-refractivity contribution in [1.82, 2.24) is 20.1 Å². The Bertz CT molecular complexity index is 700. The number of hydrogen-bond acceptors (Lipinski definition) is 3. The molecular weight excluding hydrogens is 312 g/mol. The molecule has 1 N–H and O–H groups in total. The van der Waals surface area contributed by atoms with Crippen molar-refractivity contribution < 1.29 is 4.79 Å². The van der Waals surface area contributed by atoms with Crippen LogP contribution in [0.15, 0.2) is 54.9 Å². The Kier molecular flexibility index (Phi) is 4.65. The van der Waals surface area contributed by atoms with Crippen LogP contribution < -0.4 is 5.32 Å². The van der Waals surface area contributed by atoms with E-state index in [1.54, 1.807) is 12.4 Å². The summed E-state index contributed by atoms with van der Waals surface area (Å²) in [5.41, 5.74) is 2.36. The van der Waals surface area contributed by atoms with Crippen molar-refractivity contribution in [1.29, 1.82) is 0 Å². The zero-order valence-corrected chi connectivity index (χ0v) is 14.3. The summed E-state index contributed by atoms with van der Waals surface area (Å²) in [4.78, 5) is 21.4. The minimum Gasteiger partial charge on any atom is -0.318 e. The van der Waals surface area contributed by atoms with Crippen LogP contribution in [0.3, 0.4) is 0 Å². The van der Waals surface area contributed by atoms with Crippen molar-refractivity contribution in [3.05, 3.63) is 66.0 Å². The molecule has 1 aromatic carbocycles. The van der Waals surface area contributed by atoms with E-state index in [1.165, 1.54) is 5.56 Å². The van der Waals surface area contributed by atoms with Crippen molar-refractivity contribution in [3.63, 3.8) is 0 Å². The van der Waals surface area contributed by atoms with Gasteiger partial charge in [-0.05, 0) is 49.2 Å². The van der Waals surface area contributed by atoms with E-state index in [2.05, 4.69) is 39.5 Å². The minimum atomic E-state index is 0.138. The van der Waals surface area contributed by atoms with Crippen LogP contribution in [0.25, 0.3) is 0 Å². The molecule has 5 heteroatoms. The molecule has 3 heterocycles. The topological polar surface area (TPSA) is 48.5 Å². The zero-order valence-electron chi connectivity index (χ0n) is 14.3. The smallest absolute Gasteiger partial charge is 0.318 e. The summed E-state index contributed by atoms with van der Waals surface area (Å²) in [6.07, 6.45) is 5.63. The highest BCUT2D eigenvalue weighted by Crippen LogP contribution is 2.34. The quantitative estimate of drug-likeness (QED) is 0.934. The lowest BCUT2D eigenvalue weighted by Gasteiger charge is -2.35. The van der Waals surface area contributed by atoms with Gasteiger partial charge in [0.1, 0.15) is 0 Å². The second kappa shape index (κ2) is 7.23. The van der Waals surface area contributed by atoms with Crippen molar-refractivity contribution in [3.8, 4) is 0 Å². The van der Waals surface area contributed by atoms with Gasteiger partial charge in [-0.3, -0.25) is 4.98 Å². The molecule has 1 aromatic heterocycles. The summed E-state index contributed by atoms with van der Waals surface area (Å²) in [6, 6.07) is 15.0. The minimum absolute atomic E-state index is 0.138. The Balaban J connectivity index is 1.60. The van der Waals surface area contributed by atoms with Crippen molar-refractivity contribution in [2.24, 2.45) is 0 Å². The first-order valence-electron chi connectivity index (χ1n) is 9.05. The van der Waals surface area contributed by atoms with Crippen LogP contribution in [-0.2, 0) is 6.54 Å². The number of benzene rings is 1. The molecule has 0 unspecified atom stereocenters. The normalized spacial score (nSPS) is 21.8. The molecule has 2 aliphatic heterocycles. The second-order valence-corrected chi connectivity index (χ2v) is 6.83. The Hall–Kier alpha value is -2.40. The lowest BCUT2D eigenvalue weighted by atomic mass is 10.00. The van der Waals surface area contributed by atoms with E-state index in [4.69, 9.17) is 0 Å². The van der Waals surface area contributed by atoms with Gasteiger partial charge in [0.2, 0.25) is 0 Å². The predicted molar refractivity (Wildman–Crippen MR) is 97.0 cm³/mol. The van der Waals surface area contributed by atoms with Crippen LogP contribution in [0.1, 0.15) is 30.0 Å². The molecule has 2 aromatic rings. The van der Waals surface area contributed by atoms with Crippen molar-refractivity contribution >= 4 is 6.03 Å². The Labute approximate surface area is 148 Å². The molecule has 2 amide bonds. The average Bonchev–Trinajstić information content (AvgIpc) is 3.00. The number of nitrogens with zero attached hydrogens (tertiary/aromatic N) is 3.